The highest BCUT2D eigenvalue weighted by Gasteiger charge is 2.10. The molecule has 1 aromatic heterocycles. The van der Waals surface area contributed by atoms with Crippen LogP contribution in [-0.2, 0) is 0 Å². The van der Waals surface area contributed by atoms with Crippen molar-refractivity contribution in [3.63, 3.8) is 0 Å². The van der Waals surface area contributed by atoms with Gasteiger partial charge in [-0.25, -0.2) is 0 Å². The van der Waals surface area contributed by atoms with Gasteiger partial charge >= 0.3 is 0 Å². The van der Waals surface area contributed by atoms with Gasteiger partial charge in [0.25, 0.3) is 5.91 Å². The van der Waals surface area contributed by atoms with Gasteiger partial charge in [0, 0.05) is 11.7 Å². The maximum absolute atomic E-state index is 12.2. The summed E-state index contributed by atoms with van der Waals surface area (Å²) < 4.78 is 0. The van der Waals surface area contributed by atoms with Crippen LogP contribution in [0.3, 0.4) is 0 Å². The zero-order chi connectivity index (χ0) is 17.6. The average Bonchev–Trinajstić information content (AvgIpc) is 2.63. The summed E-state index contributed by atoms with van der Waals surface area (Å²) in [5.41, 5.74) is 3.26. The highest BCUT2D eigenvalue weighted by atomic mass is 16.1. The Bertz CT molecular complexity index is 847. The van der Waals surface area contributed by atoms with Crippen LogP contribution in [0.4, 0.5) is 11.5 Å². The maximum Gasteiger partial charge on any atom is 0.276 e. The lowest BCUT2D eigenvalue weighted by Crippen LogP contribution is -2.15. The molecule has 0 fully saturated rings. The van der Waals surface area contributed by atoms with Gasteiger partial charge in [-0.05, 0) is 49.2 Å². The van der Waals surface area contributed by atoms with E-state index in [1.807, 2.05) is 49.4 Å². The van der Waals surface area contributed by atoms with Crippen LogP contribution >= 0.6 is 0 Å². The minimum Gasteiger partial charge on any atom is -0.362 e. The lowest BCUT2D eigenvalue weighted by molar-refractivity contribution is 0.102. The summed E-state index contributed by atoms with van der Waals surface area (Å²) in [6.45, 7) is 4.03. The van der Waals surface area contributed by atoms with Gasteiger partial charge in [-0.1, -0.05) is 42.5 Å². The fourth-order valence-electron chi connectivity index (χ4n) is 2.50. The molecule has 0 aliphatic carbocycles. The van der Waals surface area contributed by atoms with Crippen LogP contribution in [0.15, 0.2) is 66.7 Å². The number of hydrogen-bond donors (Lipinski definition) is 2. The first-order chi connectivity index (χ1) is 12.1. The summed E-state index contributed by atoms with van der Waals surface area (Å²) >= 11 is 0. The van der Waals surface area contributed by atoms with Crippen LogP contribution in [0.1, 0.15) is 34.6 Å². The second-order valence-corrected chi connectivity index (χ2v) is 5.90. The number of hydrogen-bond acceptors (Lipinski definition) is 4. The Hall–Kier alpha value is -3.21. The predicted octanol–water partition coefficient (Wildman–Crippen LogP) is 4.21. The normalized spacial score (nSPS) is 11.6. The number of carbonyl (C=O) groups excluding carboxylic acids is 1. The fraction of sp³-hybridized carbons (Fsp3) is 0.150. The molecular formula is C20H20N4O. The van der Waals surface area contributed by atoms with Crippen molar-refractivity contribution in [3.05, 3.63) is 83.6 Å². The molecule has 0 spiro atoms. The summed E-state index contributed by atoms with van der Waals surface area (Å²) in [5.74, 6) is 0.351. The lowest BCUT2D eigenvalue weighted by atomic mass is 10.1. The number of nitrogens with one attached hydrogen (secondary N) is 2. The molecule has 1 heterocycles. The molecule has 0 saturated heterocycles. The molecule has 0 radical (unpaired) electrons. The molecule has 1 atom stereocenters. The van der Waals surface area contributed by atoms with Crippen molar-refractivity contribution < 1.29 is 4.79 Å². The smallest absolute Gasteiger partial charge is 0.276 e. The lowest BCUT2D eigenvalue weighted by Gasteiger charge is -2.14. The van der Waals surface area contributed by atoms with E-state index in [9.17, 15) is 4.79 Å². The van der Waals surface area contributed by atoms with Gasteiger partial charge in [-0.15, -0.1) is 10.2 Å². The van der Waals surface area contributed by atoms with Gasteiger partial charge in [0.1, 0.15) is 5.82 Å². The molecular weight excluding hydrogens is 312 g/mol. The number of amides is 1. The van der Waals surface area contributed by atoms with E-state index in [4.69, 9.17) is 0 Å². The van der Waals surface area contributed by atoms with Crippen molar-refractivity contribution in [2.75, 3.05) is 10.6 Å². The SMILES string of the molecule is Cc1cccc(NC(=O)c2ccc(NC(C)c3ccccc3)nn2)c1. The number of benzene rings is 2. The van der Waals surface area contributed by atoms with E-state index in [1.54, 1.807) is 12.1 Å². The molecule has 25 heavy (non-hydrogen) atoms. The molecule has 0 bridgehead atoms. The molecule has 2 N–H and O–H groups in total. The van der Waals surface area contributed by atoms with Crippen LogP contribution in [0.5, 0.6) is 0 Å². The second-order valence-electron chi connectivity index (χ2n) is 5.90. The number of aryl methyl sites for hydroxylation is 1. The minimum absolute atomic E-state index is 0.0995. The molecule has 5 heteroatoms. The van der Waals surface area contributed by atoms with Gasteiger partial charge in [-0.2, -0.15) is 0 Å². The Balaban J connectivity index is 1.64. The first kappa shape index (κ1) is 16.6. The molecule has 3 aromatic rings. The van der Waals surface area contributed by atoms with E-state index in [0.717, 1.165) is 16.8 Å². The third-order valence-corrected chi connectivity index (χ3v) is 3.84. The first-order valence-electron chi connectivity index (χ1n) is 8.15. The zero-order valence-corrected chi connectivity index (χ0v) is 14.2. The topological polar surface area (TPSA) is 66.9 Å². The largest absolute Gasteiger partial charge is 0.362 e. The quantitative estimate of drug-likeness (QED) is 0.734. The molecule has 126 valence electrons. The minimum atomic E-state index is -0.277. The van der Waals surface area contributed by atoms with E-state index in [0.29, 0.717) is 5.82 Å². The van der Waals surface area contributed by atoms with E-state index in [1.165, 1.54) is 0 Å². The van der Waals surface area contributed by atoms with E-state index >= 15 is 0 Å². The highest BCUT2D eigenvalue weighted by Crippen LogP contribution is 2.17. The average molecular weight is 332 g/mol. The molecule has 1 unspecified atom stereocenters. The number of rotatable bonds is 5. The van der Waals surface area contributed by atoms with Gasteiger partial charge < -0.3 is 10.6 Å². The first-order valence-corrected chi connectivity index (χ1v) is 8.15. The second kappa shape index (κ2) is 7.57. The summed E-state index contributed by atoms with van der Waals surface area (Å²) in [5, 5.41) is 14.2. The van der Waals surface area contributed by atoms with Crippen molar-refractivity contribution >= 4 is 17.4 Å². The third kappa shape index (κ3) is 4.41. The van der Waals surface area contributed by atoms with Gasteiger partial charge in [0.15, 0.2) is 5.69 Å². The highest BCUT2D eigenvalue weighted by molar-refractivity contribution is 6.02. The van der Waals surface area contributed by atoms with Crippen molar-refractivity contribution in [1.29, 1.82) is 0 Å². The summed E-state index contributed by atoms with van der Waals surface area (Å²) in [4.78, 5) is 12.2. The third-order valence-electron chi connectivity index (χ3n) is 3.84. The van der Waals surface area contributed by atoms with Crippen LogP contribution < -0.4 is 10.6 Å². The Kier molecular flexibility index (Phi) is 5.04. The zero-order valence-electron chi connectivity index (χ0n) is 14.2. The molecule has 5 nitrogen and oxygen atoms in total. The summed E-state index contributed by atoms with van der Waals surface area (Å²) in [6, 6.07) is 21.2. The van der Waals surface area contributed by atoms with Crippen LogP contribution in [-0.4, -0.2) is 16.1 Å². The molecule has 0 aliphatic rings. The Labute approximate surface area is 147 Å². The molecule has 0 aliphatic heterocycles. The van der Waals surface area contributed by atoms with Crippen molar-refractivity contribution in [2.24, 2.45) is 0 Å². The predicted molar refractivity (Wildman–Crippen MR) is 99.6 cm³/mol. The fourth-order valence-corrected chi connectivity index (χ4v) is 2.50. The number of carbonyl (C=O) groups is 1. The molecule has 0 saturated carbocycles. The van der Waals surface area contributed by atoms with Crippen molar-refractivity contribution in [3.8, 4) is 0 Å². The van der Waals surface area contributed by atoms with Gasteiger partial charge in [-0.3, -0.25) is 4.79 Å². The number of anilines is 2. The van der Waals surface area contributed by atoms with Crippen LogP contribution in [0, 0.1) is 6.92 Å². The van der Waals surface area contributed by atoms with Crippen molar-refractivity contribution in [2.45, 2.75) is 19.9 Å². The number of nitrogens with zero attached hydrogens (tertiary/aromatic N) is 2. The standard InChI is InChI=1S/C20H20N4O/c1-14-7-6-10-17(13-14)22-20(25)18-11-12-19(24-23-18)21-15(2)16-8-4-3-5-9-16/h3-13,15H,1-2H3,(H,21,24)(H,22,25). The summed E-state index contributed by atoms with van der Waals surface area (Å²) in [7, 11) is 0. The maximum atomic E-state index is 12.2. The Morgan fingerprint density at radius 2 is 1.76 bits per heavy atom. The summed E-state index contributed by atoms with van der Waals surface area (Å²) in [6.07, 6.45) is 0. The monoisotopic (exact) mass is 332 g/mol. The molecule has 3 rings (SSSR count). The van der Waals surface area contributed by atoms with Crippen molar-refractivity contribution in [1.82, 2.24) is 10.2 Å². The molecule has 2 aromatic carbocycles. The van der Waals surface area contributed by atoms with Crippen LogP contribution in [0.2, 0.25) is 0 Å². The number of aromatic nitrogens is 2. The van der Waals surface area contributed by atoms with E-state index < -0.39 is 0 Å². The van der Waals surface area contributed by atoms with Crippen LogP contribution in [0.25, 0.3) is 0 Å². The Morgan fingerprint density at radius 1 is 0.960 bits per heavy atom. The Morgan fingerprint density at radius 3 is 2.44 bits per heavy atom. The molecule has 1 amide bonds. The van der Waals surface area contributed by atoms with Gasteiger partial charge in [0.05, 0.1) is 0 Å². The van der Waals surface area contributed by atoms with E-state index in [2.05, 4.69) is 39.9 Å². The van der Waals surface area contributed by atoms with Gasteiger partial charge in [0.2, 0.25) is 0 Å². The van der Waals surface area contributed by atoms with E-state index in [-0.39, 0.29) is 17.6 Å².